The van der Waals surface area contributed by atoms with Crippen molar-refractivity contribution in [2.24, 2.45) is 0 Å². The van der Waals surface area contributed by atoms with Crippen LogP contribution in [-0.4, -0.2) is 17.5 Å². The number of carbonyl (C=O) groups is 1. The molecular weight excluding hydrogens is 264 g/mol. The highest BCUT2D eigenvalue weighted by atomic mass is 16.5. The summed E-state index contributed by atoms with van der Waals surface area (Å²) in [6.45, 7) is -0.00429. The highest BCUT2D eigenvalue weighted by Crippen LogP contribution is 2.29. The minimum absolute atomic E-state index is 0.00429. The van der Waals surface area contributed by atoms with Crippen molar-refractivity contribution in [2.75, 3.05) is 6.61 Å². The van der Waals surface area contributed by atoms with E-state index in [1.807, 2.05) is 24.3 Å². The third-order valence-electron chi connectivity index (χ3n) is 3.69. The van der Waals surface area contributed by atoms with E-state index in [4.69, 9.17) is 4.74 Å². The summed E-state index contributed by atoms with van der Waals surface area (Å²) in [6.07, 6.45) is 4.81. The van der Waals surface area contributed by atoms with E-state index in [9.17, 15) is 4.79 Å². The Balaban J connectivity index is 1.58. The Morgan fingerprint density at radius 2 is 2.10 bits per heavy atom. The zero-order valence-corrected chi connectivity index (χ0v) is 11.8. The molecule has 1 amide bonds. The number of benzene rings is 1. The lowest BCUT2D eigenvalue weighted by Gasteiger charge is -2.26. The van der Waals surface area contributed by atoms with Crippen LogP contribution in [0.15, 0.2) is 48.7 Å². The number of nitrogens with zero attached hydrogens (tertiary/aromatic N) is 1. The van der Waals surface area contributed by atoms with Gasteiger partial charge in [-0.15, -0.1) is 0 Å². The van der Waals surface area contributed by atoms with E-state index in [0.29, 0.717) is 5.88 Å². The maximum absolute atomic E-state index is 12.0. The number of hydrogen-bond donors (Lipinski definition) is 1. The first-order valence-electron chi connectivity index (χ1n) is 7.24. The fraction of sp³-hybridized carbons (Fsp3) is 0.294. The molecule has 4 heteroatoms. The van der Waals surface area contributed by atoms with Gasteiger partial charge in [0.05, 0.1) is 6.04 Å². The van der Waals surface area contributed by atoms with Gasteiger partial charge in [0.15, 0.2) is 6.61 Å². The summed E-state index contributed by atoms with van der Waals surface area (Å²) in [7, 11) is 0. The molecule has 1 aliphatic carbocycles. The molecule has 0 saturated carbocycles. The van der Waals surface area contributed by atoms with E-state index >= 15 is 0 Å². The molecular formula is C17H18N2O2. The molecule has 21 heavy (non-hydrogen) atoms. The Bertz CT molecular complexity index is 613. The first-order valence-corrected chi connectivity index (χ1v) is 7.24. The fourth-order valence-corrected chi connectivity index (χ4v) is 2.71. The van der Waals surface area contributed by atoms with E-state index < -0.39 is 0 Å². The van der Waals surface area contributed by atoms with Crippen molar-refractivity contribution >= 4 is 5.91 Å². The monoisotopic (exact) mass is 282 g/mol. The molecule has 0 spiro atoms. The summed E-state index contributed by atoms with van der Waals surface area (Å²) < 4.78 is 5.37. The first kappa shape index (κ1) is 13.6. The molecule has 4 nitrogen and oxygen atoms in total. The normalized spacial score (nSPS) is 16.9. The molecule has 1 aliphatic rings. The van der Waals surface area contributed by atoms with Crippen molar-refractivity contribution in [3.05, 3.63) is 59.8 Å². The molecule has 0 fully saturated rings. The lowest BCUT2D eigenvalue weighted by Crippen LogP contribution is -2.34. The number of amides is 1. The van der Waals surface area contributed by atoms with Gasteiger partial charge in [-0.1, -0.05) is 30.3 Å². The number of hydrogen-bond acceptors (Lipinski definition) is 3. The first-order chi connectivity index (χ1) is 10.3. The molecule has 1 aromatic heterocycles. The highest BCUT2D eigenvalue weighted by Gasteiger charge is 2.21. The summed E-state index contributed by atoms with van der Waals surface area (Å²) in [5, 5.41) is 3.05. The smallest absolute Gasteiger partial charge is 0.258 e. The number of ether oxygens (including phenoxy) is 1. The molecule has 0 aliphatic heterocycles. The lowest BCUT2D eigenvalue weighted by atomic mass is 9.88. The molecule has 1 N–H and O–H groups in total. The summed E-state index contributed by atoms with van der Waals surface area (Å²) in [4.78, 5) is 16.1. The summed E-state index contributed by atoms with van der Waals surface area (Å²) in [5.41, 5.74) is 2.56. The summed E-state index contributed by atoms with van der Waals surface area (Å²) >= 11 is 0. The van der Waals surface area contributed by atoms with E-state index in [2.05, 4.69) is 22.4 Å². The Morgan fingerprint density at radius 1 is 1.24 bits per heavy atom. The van der Waals surface area contributed by atoms with Gasteiger partial charge in [0, 0.05) is 12.3 Å². The molecule has 1 unspecified atom stereocenters. The van der Waals surface area contributed by atoms with Crippen LogP contribution in [0.5, 0.6) is 5.88 Å². The average molecular weight is 282 g/mol. The number of rotatable bonds is 4. The lowest BCUT2D eigenvalue weighted by molar-refractivity contribution is -0.124. The van der Waals surface area contributed by atoms with Crippen molar-refractivity contribution in [1.82, 2.24) is 10.3 Å². The zero-order chi connectivity index (χ0) is 14.5. The van der Waals surface area contributed by atoms with Crippen molar-refractivity contribution in [3.8, 4) is 5.88 Å². The second-order valence-corrected chi connectivity index (χ2v) is 5.17. The number of aromatic nitrogens is 1. The standard InChI is InChI=1S/C17H18N2O2/c20-16(12-21-17-10-3-4-11-18-17)19-15-9-5-7-13-6-1-2-8-14(13)15/h1-4,6,8,10-11,15H,5,7,9,12H2,(H,19,20). The van der Waals surface area contributed by atoms with E-state index in [-0.39, 0.29) is 18.6 Å². The van der Waals surface area contributed by atoms with Gasteiger partial charge in [-0.2, -0.15) is 0 Å². The maximum atomic E-state index is 12.0. The van der Waals surface area contributed by atoms with Crippen LogP contribution in [0.2, 0.25) is 0 Å². The number of nitrogens with one attached hydrogen (secondary N) is 1. The molecule has 2 aromatic rings. The van der Waals surface area contributed by atoms with Gasteiger partial charge in [-0.25, -0.2) is 4.98 Å². The van der Waals surface area contributed by atoms with Crippen molar-refractivity contribution in [1.29, 1.82) is 0 Å². The minimum Gasteiger partial charge on any atom is -0.468 e. The van der Waals surface area contributed by atoms with E-state index in [1.54, 1.807) is 12.3 Å². The van der Waals surface area contributed by atoms with Crippen LogP contribution in [0.4, 0.5) is 0 Å². The third kappa shape index (κ3) is 3.40. The average Bonchev–Trinajstić information content (AvgIpc) is 2.54. The molecule has 1 aromatic carbocycles. The van der Waals surface area contributed by atoms with E-state index in [1.165, 1.54) is 11.1 Å². The fourth-order valence-electron chi connectivity index (χ4n) is 2.71. The van der Waals surface area contributed by atoms with Crippen molar-refractivity contribution in [2.45, 2.75) is 25.3 Å². The predicted molar refractivity (Wildman–Crippen MR) is 80.0 cm³/mol. The van der Waals surface area contributed by atoms with Crippen LogP contribution in [0.25, 0.3) is 0 Å². The molecule has 3 rings (SSSR count). The van der Waals surface area contributed by atoms with Crippen LogP contribution in [0, 0.1) is 0 Å². The van der Waals surface area contributed by atoms with Crippen LogP contribution >= 0.6 is 0 Å². The Kier molecular flexibility index (Phi) is 4.15. The molecule has 1 heterocycles. The number of aryl methyl sites for hydroxylation is 1. The SMILES string of the molecule is O=C(COc1ccccn1)NC1CCCc2ccccc21. The predicted octanol–water partition coefficient (Wildman–Crippen LogP) is 2.65. The van der Waals surface area contributed by atoms with Crippen LogP contribution in [0.3, 0.4) is 0 Å². The number of fused-ring (bicyclic) bond motifs is 1. The Morgan fingerprint density at radius 3 is 2.95 bits per heavy atom. The van der Waals surface area contributed by atoms with Crippen LogP contribution in [-0.2, 0) is 11.2 Å². The Labute approximate surface area is 124 Å². The molecule has 0 radical (unpaired) electrons. The third-order valence-corrected chi connectivity index (χ3v) is 3.69. The van der Waals surface area contributed by atoms with Gasteiger partial charge in [-0.05, 0) is 36.5 Å². The maximum Gasteiger partial charge on any atom is 0.258 e. The van der Waals surface area contributed by atoms with Gasteiger partial charge in [-0.3, -0.25) is 4.79 Å². The second-order valence-electron chi connectivity index (χ2n) is 5.17. The Hall–Kier alpha value is -2.36. The molecule has 0 bridgehead atoms. The summed E-state index contributed by atoms with van der Waals surface area (Å²) in [6, 6.07) is 13.8. The van der Waals surface area contributed by atoms with Crippen molar-refractivity contribution < 1.29 is 9.53 Å². The van der Waals surface area contributed by atoms with Gasteiger partial charge in [0.25, 0.3) is 5.91 Å². The van der Waals surface area contributed by atoms with Crippen LogP contribution in [0.1, 0.15) is 30.0 Å². The van der Waals surface area contributed by atoms with Gasteiger partial charge in [0.1, 0.15) is 0 Å². The van der Waals surface area contributed by atoms with E-state index in [0.717, 1.165) is 19.3 Å². The zero-order valence-electron chi connectivity index (χ0n) is 11.8. The quantitative estimate of drug-likeness (QED) is 0.938. The molecule has 108 valence electrons. The van der Waals surface area contributed by atoms with Gasteiger partial charge >= 0.3 is 0 Å². The largest absolute Gasteiger partial charge is 0.468 e. The number of pyridine rings is 1. The topological polar surface area (TPSA) is 51.2 Å². The van der Waals surface area contributed by atoms with Crippen LogP contribution < -0.4 is 10.1 Å². The minimum atomic E-state index is -0.109. The second kappa shape index (κ2) is 6.39. The van der Waals surface area contributed by atoms with Crippen molar-refractivity contribution in [3.63, 3.8) is 0 Å². The van der Waals surface area contributed by atoms with Gasteiger partial charge in [0.2, 0.25) is 5.88 Å². The number of carbonyl (C=O) groups excluding carboxylic acids is 1. The highest BCUT2D eigenvalue weighted by molar-refractivity contribution is 5.78. The molecule has 1 atom stereocenters. The van der Waals surface area contributed by atoms with Gasteiger partial charge < -0.3 is 10.1 Å². The summed E-state index contributed by atoms with van der Waals surface area (Å²) in [5.74, 6) is 0.360. The molecule has 0 saturated heterocycles.